The normalized spacial score (nSPS) is 19.1. The Morgan fingerprint density at radius 2 is 2.04 bits per heavy atom. The first-order valence-corrected chi connectivity index (χ1v) is 9.11. The van der Waals surface area contributed by atoms with Gasteiger partial charge in [0.1, 0.15) is 18.9 Å². The van der Waals surface area contributed by atoms with Crippen molar-refractivity contribution >= 4 is 17.3 Å². The van der Waals surface area contributed by atoms with Crippen molar-refractivity contribution in [1.82, 2.24) is 4.98 Å². The lowest BCUT2D eigenvalue weighted by atomic mass is 10.00. The SMILES string of the molecule is CC1CCCN(c2ccnc(C(=O)Nc3ccc4c(c3)OCCO4)c2)C1. The molecule has 1 unspecified atom stereocenters. The van der Waals surface area contributed by atoms with Gasteiger partial charge in [-0.05, 0) is 43.0 Å². The molecule has 1 aromatic carbocycles. The van der Waals surface area contributed by atoms with E-state index in [9.17, 15) is 4.79 Å². The molecule has 2 aliphatic rings. The second kappa shape index (κ2) is 7.23. The van der Waals surface area contributed by atoms with Gasteiger partial charge in [-0.2, -0.15) is 0 Å². The Morgan fingerprint density at radius 3 is 2.88 bits per heavy atom. The zero-order valence-electron chi connectivity index (χ0n) is 14.9. The molecule has 0 aliphatic carbocycles. The lowest BCUT2D eigenvalue weighted by Gasteiger charge is -2.32. The number of hydrogen-bond acceptors (Lipinski definition) is 5. The Morgan fingerprint density at radius 1 is 1.19 bits per heavy atom. The summed E-state index contributed by atoms with van der Waals surface area (Å²) in [5.41, 5.74) is 2.13. The number of carbonyl (C=O) groups excluding carboxylic acids is 1. The van der Waals surface area contributed by atoms with Gasteiger partial charge < -0.3 is 19.7 Å². The first-order valence-electron chi connectivity index (χ1n) is 9.11. The summed E-state index contributed by atoms with van der Waals surface area (Å²) < 4.78 is 11.1. The summed E-state index contributed by atoms with van der Waals surface area (Å²) in [6.45, 7) is 5.38. The fourth-order valence-electron chi connectivity index (χ4n) is 3.48. The van der Waals surface area contributed by atoms with Gasteiger partial charge in [0, 0.05) is 36.7 Å². The second-order valence-electron chi connectivity index (χ2n) is 6.91. The van der Waals surface area contributed by atoms with Crippen LogP contribution in [0, 0.1) is 5.92 Å². The Hall–Kier alpha value is -2.76. The zero-order valence-corrected chi connectivity index (χ0v) is 14.9. The molecule has 1 atom stereocenters. The number of anilines is 2. The van der Waals surface area contributed by atoms with Gasteiger partial charge in [0.15, 0.2) is 11.5 Å². The van der Waals surface area contributed by atoms with Crippen LogP contribution in [0.15, 0.2) is 36.5 Å². The van der Waals surface area contributed by atoms with E-state index in [-0.39, 0.29) is 5.91 Å². The van der Waals surface area contributed by atoms with Crippen molar-refractivity contribution in [3.63, 3.8) is 0 Å². The van der Waals surface area contributed by atoms with E-state index in [1.165, 1.54) is 12.8 Å². The summed E-state index contributed by atoms with van der Waals surface area (Å²) in [5, 5.41) is 2.89. The molecule has 1 amide bonds. The number of amides is 1. The molecular weight excluding hydrogens is 330 g/mol. The van der Waals surface area contributed by atoms with Crippen molar-refractivity contribution < 1.29 is 14.3 Å². The topological polar surface area (TPSA) is 63.7 Å². The molecule has 6 nitrogen and oxygen atoms in total. The van der Waals surface area contributed by atoms with Crippen LogP contribution in [0.25, 0.3) is 0 Å². The minimum absolute atomic E-state index is 0.228. The minimum Gasteiger partial charge on any atom is -0.486 e. The third-order valence-corrected chi connectivity index (χ3v) is 4.80. The van der Waals surface area contributed by atoms with Crippen molar-refractivity contribution in [2.24, 2.45) is 5.92 Å². The number of hydrogen-bond donors (Lipinski definition) is 1. The predicted octanol–water partition coefficient (Wildman–Crippen LogP) is 3.34. The van der Waals surface area contributed by atoms with Gasteiger partial charge >= 0.3 is 0 Å². The number of fused-ring (bicyclic) bond motifs is 1. The van der Waals surface area contributed by atoms with Crippen LogP contribution in [0.1, 0.15) is 30.3 Å². The fraction of sp³-hybridized carbons (Fsp3) is 0.400. The van der Waals surface area contributed by atoms with Crippen LogP contribution in [-0.2, 0) is 0 Å². The number of nitrogens with one attached hydrogen (secondary N) is 1. The van der Waals surface area contributed by atoms with Crippen LogP contribution >= 0.6 is 0 Å². The first kappa shape index (κ1) is 16.7. The average molecular weight is 353 g/mol. The van der Waals surface area contributed by atoms with Gasteiger partial charge in [-0.1, -0.05) is 6.92 Å². The molecule has 0 radical (unpaired) electrons. The molecular formula is C20H23N3O3. The van der Waals surface area contributed by atoms with E-state index in [2.05, 4.69) is 22.1 Å². The number of piperidine rings is 1. The van der Waals surface area contributed by atoms with Crippen molar-refractivity contribution in [1.29, 1.82) is 0 Å². The van der Waals surface area contributed by atoms with Crippen LogP contribution in [-0.4, -0.2) is 37.2 Å². The molecule has 26 heavy (non-hydrogen) atoms. The Kier molecular flexibility index (Phi) is 4.65. The molecule has 136 valence electrons. The van der Waals surface area contributed by atoms with E-state index >= 15 is 0 Å². The number of carbonyl (C=O) groups is 1. The summed E-state index contributed by atoms with van der Waals surface area (Å²) in [6.07, 6.45) is 4.15. The van der Waals surface area contributed by atoms with E-state index in [1.807, 2.05) is 24.3 Å². The molecule has 2 aliphatic heterocycles. The maximum absolute atomic E-state index is 12.6. The number of nitrogens with zero attached hydrogens (tertiary/aromatic N) is 2. The van der Waals surface area contributed by atoms with E-state index in [4.69, 9.17) is 9.47 Å². The van der Waals surface area contributed by atoms with Gasteiger partial charge in [0.2, 0.25) is 0 Å². The highest BCUT2D eigenvalue weighted by atomic mass is 16.6. The third-order valence-electron chi connectivity index (χ3n) is 4.80. The predicted molar refractivity (Wildman–Crippen MR) is 100 cm³/mol. The highest BCUT2D eigenvalue weighted by Crippen LogP contribution is 2.32. The highest BCUT2D eigenvalue weighted by molar-refractivity contribution is 6.03. The molecule has 1 aromatic heterocycles. The lowest BCUT2D eigenvalue weighted by Crippen LogP contribution is -2.34. The number of aromatic nitrogens is 1. The fourth-order valence-corrected chi connectivity index (χ4v) is 3.48. The third kappa shape index (κ3) is 3.59. The molecule has 0 saturated carbocycles. The van der Waals surface area contributed by atoms with Gasteiger partial charge in [0.25, 0.3) is 5.91 Å². The average Bonchev–Trinajstić information content (AvgIpc) is 2.68. The maximum atomic E-state index is 12.6. The number of ether oxygens (including phenoxy) is 2. The van der Waals surface area contributed by atoms with Gasteiger partial charge in [-0.25, -0.2) is 0 Å². The molecule has 0 bridgehead atoms. The van der Waals surface area contributed by atoms with Crippen molar-refractivity contribution in [3.05, 3.63) is 42.2 Å². The van der Waals surface area contributed by atoms with Crippen LogP contribution in [0.2, 0.25) is 0 Å². The first-order chi connectivity index (χ1) is 12.7. The molecule has 3 heterocycles. The van der Waals surface area contributed by atoms with Crippen LogP contribution in [0.5, 0.6) is 11.5 Å². The van der Waals surface area contributed by atoms with Gasteiger partial charge in [-0.15, -0.1) is 0 Å². The molecule has 2 aromatic rings. The lowest BCUT2D eigenvalue weighted by molar-refractivity contribution is 0.102. The molecule has 4 rings (SSSR count). The summed E-state index contributed by atoms with van der Waals surface area (Å²) in [7, 11) is 0. The molecule has 1 saturated heterocycles. The standard InChI is InChI=1S/C20H23N3O3/c1-14-3-2-8-23(13-14)16-6-7-21-17(12-16)20(24)22-15-4-5-18-19(11-15)26-10-9-25-18/h4-7,11-12,14H,2-3,8-10,13H2,1H3,(H,22,24). The summed E-state index contributed by atoms with van der Waals surface area (Å²) in [6, 6.07) is 9.23. The van der Waals surface area contributed by atoms with Crippen molar-refractivity contribution in [2.45, 2.75) is 19.8 Å². The molecule has 1 fully saturated rings. The second-order valence-corrected chi connectivity index (χ2v) is 6.91. The van der Waals surface area contributed by atoms with Crippen molar-refractivity contribution in [3.8, 4) is 11.5 Å². The van der Waals surface area contributed by atoms with Gasteiger partial charge in [-0.3, -0.25) is 9.78 Å². The smallest absolute Gasteiger partial charge is 0.274 e. The van der Waals surface area contributed by atoms with Crippen LogP contribution in [0.3, 0.4) is 0 Å². The largest absolute Gasteiger partial charge is 0.486 e. The van der Waals surface area contributed by atoms with E-state index in [0.717, 1.165) is 18.8 Å². The number of rotatable bonds is 3. The molecule has 0 spiro atoms. The number of benzene rings is 1. The molecule has 6 heteroatoms. The van der Waals surface area contributed by atoms with E-state index in [1.54, 1.807) is 12.3 Å². The minimum atomic E-state index is -0.228. The highest BCUT2D eigenvalue weighted by Gasteiger charge is 2.19. The monoisotopic (exact) mass is 353 g/mol. The summed E-state index contributed by atoms with van der Waals surface area (Å²) >= 11 is 0. The zero-order chi connectivity index (χ0) is 17.9. The van der Waals surface area contributed by atoms with Crippen LogP contribution < -0.4 is 19.7 Å². The summed E-state index contributed by atoms with van der Waals surface area (Å²) in [4.78, 5) is 19.2. The molecule has 1 N–H and O–H groups in total. The summed E-state index contributed by atoms with van der Waals surface area (Å²) in [5.74, 6) is 1.80. The van der Waals surface area contributed by atoms with Crippen LogP contribution in [0.4, 0.5) is 11.4 Å². The van der Waals surface area contributed by atoms with Crippen molar-refractivity contribution in [2.75, 3.05) is 36.5 Å². The number of pyridine rings is 1. The van der Waals surface area contributed by atoms with E-state index < -0.39 is 0 Å². The Balaban J connectivity index is 1.49. The Bertz CT molecular complexity index is 809. The van der Waals surface area contributed by atoms with Gasteiger partial charge in [0.05, 0.1) is 0 Å². The Labute approximate surface area is 153 Å². The maximum Gasteiger partial charge on any atom is 0.274 e. The quantitative estimate of drug-likeness (QED) is 0.917. The van der Waals surface area contributed by atoms with E-state index in [0.29, 0.717) is 42.0 Å².